The van der Waals surface area contributed by atoms with E-state index in [2.05, 4.69) is 40.0 Å². The standard InChI is InChI=1S/C20H20N4O2S/c1-12-8-13(16-4-6-22-20(21)23-16)2-3-14(12)10-24-7-5-17-15(11-24)9-18(27-17)19(25)26/h2-4,6,8-9H,5,7,10-11H2,1H3,(H,25,26)(H2,21,22,23). The highest BCUT2D eigenvalue weighted by Gasteiger charge is 2.21. The van der Waals surface area contributed by atoms with Crippen LogP contribution in [0.4, 0.5) is 5.95 Å². The van der Waals surface area contributed by atoms with Gasteiger partial charge >= 0.3 is 5.97 Å². The SMILES string of the molecule is Cc1cc(-c2ccnc(N)n2)ccc1CN1CCc2sc(C(=O)O)cc2C1. The van der Waals surface area contributed by atoms with Gasteiger partial charge in [-0.15, -0.1) is 11.3 Å². The number of rotatable bonds is 4. The van der Waals surface area contributed by atoms with Crippen LogP contribution in [-0.2, 0) is 19.5 Å². The molecular weight excluding hydrogens is 360 g/mol. The topological polar surface area (TPSA) is 92.3 Å². The number of nitrogens with two attached hydrogens (primary N) is 1. The predicted molar refractivity (Wildman–Crippen MR) is 106 cm³/mol. The highest BCUT2D eigenvalue weighted by atomic mass is 32.1. The number of hydrogen-bond acceptors (Lipinski definition) is 6. The Morgan fingerprint density at radius 3 is 2.93 bits per heavy atom. The number of benzene rings is 1. The number of nitrogens with zero attached hydrogens (tertiary/aromatic N) is 3. The minimum absolute atomic E-state index is 0.273. The van der Waals surface area contributed by atoms with Crippen molar-refractivity contribution in [1.82, 2.24) is 14.9 Å². The van der Waals surface area contributed by atoms with Gasteiger partial charge in [0, 0.05) is 36.3 Å². The first kappa shape index (κ1) is 17.6. The minimum atomic E-state index is -0.835. The van der Waals surface area contributed by atoms with Gasteiger partial charge in [0.05, 0.1) is 5.69 Å². The van der Waals surface area contributed by atoms with Crippen LogP contribution in [0.15, 0.2) is 36.5 Å². The van der Waals surface area contributed by atoms with Gasteiger partial charge in [-0.3, -0.25) is 4.90 Å². The molecule has 0 unspecified atom stereocenters. The van der Waals surface area contributed by atoms with Crippen molar-refractivity contribution in [3.8, 4) is 11.3 Å². The van der Waals surface area contributed by atoms with E-state index in [0.29, 0.717) is 4.88 Å². The lowest BCUT2D eigenvalue weighted by atomic mass is 10.0. The number of anilines is 1. The number of carboxylic acid groups (broad SMARTS) is 1. The fourth-order valence-corrected chi connectivity index (χ4v) is 4.44. The van der Waals surface area contributed by atoms with E-state index in [0.717, 1.165) is 42.9 Å². The van der Waals surface area contributed by atoms with E-state index >= 15 is 0 Å². The summed E-state index contributed by atoms with van der Waals surface area (Å²) in [6.45, 7) is 4.68. The average Bonchev–Trinajstić information content (AvgIpc) is 3.07. The number of hydrogen-bond donors (Lipinski definition) is 2. The average molecular weight is 380 g/mol. The third-order valence-corrected chi connectivity index (χ3v) is 6.09. The van der Waals surface area contributed by atoms with Gasteiger partial charge in [-0.1, -0.05) is 12.1 Å². The van der Waals surface area contributed by atoms with E-state index in [1.165, 1.54) is 27.3 Å². The molecule has 0 amide bonds. The van der Waals surface area contributed by atoms with Crippen LogP contribution >= 0.6 is 11.3 Å². The fraction of sp³-hybridized carbons (Fsp3) is 0.250. The van der Waals surface area contributed by atoms with E-state index in [4.69, 9.17) is 5.73 Å². The normalized spacial score (nSPS) is 14.1. The Morgan fingerprint density at radius 1 is 1.33 bits per heavy atom. The minimum Gasteiger partial charge on any atom is -0.477 e. The molecule has 1 aromatic carbocycles. The van der Waals surface area contributed by atoms with Gasteiger partial charge in [-0.2, -0.15) is 0 Å². The molecule has 0 bridgehead atoms. The summed E-state index contributed by atoms with van der Waals surface area (Å²) in [5.41, 5.74) is 11.1. The molecule has 1 aliphatic heterocycles. The van der Waals surface area contributed by atoms with Crippen LogP contribution in [0, 0.1) is 6.92 Å². The molecule has 0 saturated carbocycles. The van der Waals surface area contributed by atoms with Crippen molar-refractivity contribution in [2.45, 2.75) is 26.4 Å². The molecule has 0 atom stereocenters. The summed E-state index contributed by atoms with van der Waals surface area (Å²) in [4.78, 5) is 23.4. The van der Waals surface area contributed by atoms with Crippen molar-refractivity contribution in [1.29, 1.82) is 0 Å². The highest BCUT2D eigenvalue weighted by Crippen LogP contribution is 2.29. The molecule has 3 heterocycles. The van der Waals surface area contributed by atoms with Gasteiger partial charge in [0.15, 0.2) is 0 Å². The Bertz CT molecular complexity index is 1010. The van der Waals surface area contributed by atoms with Crippen LogP contribution in [0.2, 0.25) is 0 Å². The summed E-state index contributed by atoms with van der Waals surface area (Å²) < 4.78 is 0. The van der Waals surface area contributed by atoms with Gasteiger partial charge in [0.2, 0.25) is 5.95 Å². The fourth-order valence-electron chi connectivity index (χ4n) is 3.44. The summed E-state index contributed by atoms with van der Waals surface area (Å²) in [7, 11) is 0. The molecule has 0 spiro atoms. The molecule has 0 radical (unpaired) electrons. The predicted octanol–water partition coefficient (Wildman–Crippen LogP) is 3.35. The number of carboxylic acids is 1. The molecule has 7 heteroatoms. The molecule has 4 rings (SSSR count). The van der Waals surface area contributed by atoms with Gasteiger partial charge in [-0.25, -0.2) is 14.8 Å². The van der Waals surface area contributed by atoms with Crippen LogP contribution < -0.4 is 5.73 Å². The quantitative estimate of drug-likeness (QED) is 0.721. The van der Waals surface area contributed by atoms with E-state index < -0.39 is 5.97 Å². The molecule has 6 nitrogen and oxygen atoms in total. The summed E-state index contributed by atoms with van der Waals surface area (Å²) in [5.74, 6) is -0.562. The second kappa shape index (κ2) is 7.09. The Kier molecular flexibility index (Phi) is 4.63. The lowest BCUT2D eigenvalue weighted by Crippen LogP contribution is -2.29. The maximum absolute atomic E-state index is 11.2. The lowest BCUT2D eigenvalue weighted by molar-refractivity contribution is 0.0702. The lowest BCUT2D eigenvalue weighted by Gasteiger charge is -2.27. The number of aryl methyl sites for hydroxylation is 1. The second-order valence-corrected chi connectivity index (χ2v) is 7.90. The molecule has 1 aliphatic rings. The van der Waals surface area contributed by atoms with E-state index in [1.54, 1.807) is 6.20 Å². The van der Waals surface area contributed by atoms with Crippen LogP contribution in [0.25, 0.3) is 11.3 Å². The monoisotopic (exact) mass is 380 g/mol. The first-order valence-electron chi connectivity index (χ1n) is 8.75. The molecule has 138 valence electrons. The highest BCUT2D eigenvalue weighted by molar-refractivity contribution is 7.14. The third-order valence-electron chi connectivity index (χ3n) is 4.86. The van der Waals surface area contributed by atoms with Crippen molar-refractivity contribution < 1.29 is 9.90 Å². The number of aromatic nitrogens is 2. The van der Waals surface area contributed by atoms with Gasteiger partial charge < -0.3 is 10.8 Å². The Labute approximate surface area is 161 Å². The summed E-state index contributed by atoms with van der Waals surface area (Å²) in [6, 6.07) is 10.00. The summed E-state index contributed by atoms with van der Waals surface area (Å²) >= 11 is 1.41. The van der Waals surface area contributed by atoms with Crippen LogP contribution in [0.1, 0.15) is 31.2 Å². The van der Waals surface area contributed by atoms with E-state index in [1.807, 2.05) is 12.1 Å². The smallest absolute Gasteiger partial charge is 0.345 e. The molecule has 27 heavy (non-hydrogen) atoms. The Hall–Kier alpha value is -2.77. The molecular formula is C20H20N4O2S. The van der Waals surface area contributed by atoms with Crippen LogP contribution in [0.5, 0.6) is 0 Å². The number of carbonyl (C=O) groups is 1. The van der Waals surface area contributed by atoms with Crippen molar-refractivity contribution in [2.75, 3.05) is 12.3 Å². The Morgan fingerprint density at radius 2 is 2.19 bits per heavy atom. The van der Waals surface area contributed by atoms with Crippen LogP contribution in [0.3, 0.4) is 0 Å². The second-order valence-electron chi connectivity index (χ2n) is 6.77. The van der Waals surface area contributed by atoms with Crippen molar-refractivity contribution in [3.63, 3.8) is 0 Å². The molecule has 0 saturated heterocycles. The summed E-state index contributed by atoms with van der Waals surface area (Å²) in [5, 5.41) is 9.19. The first-order chi connectivity index (χ1) is 13.0. The maximum Gasteiger partial charge on any atom is 0.345 e. The molecule has 3 aromatic rings. The third kappa shape index (κ3) is 3.70. The van der Waals surface area contributed by atoms with Gasteiger partial charge in [0.25, 0.3) is 0 Å². The number of nitrogen functional groups attached to an aromatic ring is 1. The molecule has 3 N–H and O–H groups in total. The maximum atomic E-state index is 11.2. The van der Waals surface area contributed by atoms with Crippen molar-refractivity contribution in [3.05, 3.63) is 63.0 Å². The first-order valence-corrected chi connectivity index (χ1v) is 9.57. The molecule has 0 fully saturated rings. The van der Waals surface area contributed by atoms with E-state index in [-0.39, 0.29) is 5.95 Å². The van der Waals surface area contributed by atoms with Crippen molar-refractivity contribution >= 4 is 23.3 Å². The zero-order valence-electron chi connectivity index (χ0n) is 15.0. The zero-order valence-corrected chi connectivity index (χ0v) is 15.8. The Balaban J connectivity index is 1.50. The number of fused-ring (bicyclic) bond motifs is 1. The summed E-state index contributed by atoms with van der Waals surface area (Å²) in [6.07, 6.45) is 2.57. The zero-order chi connectivity index (χ0) is 19.0. The molecule has 0 aliphatic carbocycles. The van der Waals surface area contributed by atoms with E-state index in [9.17, 15) is 9.90 Å². The number of aromatic carboxylic acids is 1. The number of thiophene rings is 1. The largest absolute Gasteiger partial charge is 0.477 e. The van der Waals surface area contributed by atoms with Gasteiger partial charge in [-0.05, 0) is 48.2 Å². The van der Waals surface area contributed by atoms with Crippen molar-refractivity contribution in [2.24, 2.45) is 0 Å². The van der Waals surface area contributed by atoms with Gasteiger partial charge in [0.1, 0.15) is 4.88 Å². The molecule has 2 aromatic heterocycles. The van der Waals surface area contributed by atoms with Crippen LogP contribution in [-0.4, -0.2) is 32.5 Å².